The van der Waals surface area contributed by atoms with Crippen LogP contribution in [0.5, 0.6) is 5.75 Å². The van der Waals surface area contributed by atoms with Crippen LogP contribution >= 0.6 is 11.8 Å². The zero-order valence-electron chi connectivity index (χ0n) is 18.3. The van der Waals surface area contributed by atoms with Crippen LogP contribution < -0.4 is 10.3 Å². The van der Waals surface area contributed by atoms with Crippen molar-refractivity contribution >= 4 is 34.2 Å². The van der Waals surface area contributed by atoms with Gasteiger partial charge < -0.3 is 9.72 Å². The number of nitrogens with zero attached hydrogens (tertiary/aromatic N) is 4. The first kappa shape index (κ1) is 21.0. The molecule has 0 aliphatic rings. The van der Waals surface area contributed by atoms with Gasteiger partial charge in [0.25, 0.3) is 5.56 Å². The van der Waals surface area contributed by atoms with E-state index in [1.807, 2.05) is 60.7 Å². The van der Waals surface area contributed by atoms with Crippen LogP contribution in [0.4, 0.5) is 0 Å². The maximum Gasteiger partial charge on any atom is 0.267 e. The number of aromatic amines is 1. The van der Waals surface area contributed by atoms with E-state index in [4.69, 9.17) is 4.74 Å². The van der Waals surface area contributed by atoms with Gasteiger partial charge in [0, 0.05) is 23.0 Å². The molecule has 3 heterocycles. The molecule has 0 unspecified atom stereocenters. The van der Waals surface area contributed by atoms with Gasteiger partial charge >= 0.3 is 0 Å². The zero-order valence-corrected chi connectivity index (χ0v) is 19.1. The second-order valence-electron chi connectivity index (χ2n) is 7.68. The van der Waals surface area contributed by atoms with Gasteiger partial charge in [-0.2, -0.15) is 0 Å². The Bertz CT molecular complexity index is 1580. The second kappa shape index (κ2) is 8.25. The molecule has 5 aromatic rings. The highest BCUT2D eigenvalue weighted by atomic mass is 32.2. The number of nitrogens with one attached hydrogen (secondary N) is 1. The quantitative estimate of drug-likeness (QED) is 0.305. The molecule has 0 spiro atoms. The molecule has 0 amide bonds. The molecule has 33 heavy (non-hydrogen) atoms. The number of hydrogen-bond acceptors (Lipinski definition) is 6. The number of benzene rings is 2. The number of carbonyl (C=O) groups excluding carboxylic acids is 1. The van der Waals surface area contributed by atoms with Gasteiger partial charge in [0.05, 0.1) is 29.5 Å². The number of aryl methyl sites for hydroxylation is 2. The largest absolute Gasteiger partial charge is 0.497 e. The summed E-state index contributed by atoms with van der Waals surface area (Å²) in [7, 11) is 1.58. The minimum Gasteiger partial charge on any atom is -0.497 e. The Morgan fingerprint density at radius 3 is 2.67 bits per heavy atom. The summed E-state index contributed by atoms with van der Waals surface area (Å²) >= 11 is 1.30. The SMILES string of the molecule is COc1cccc(-n2c(=O)c3ccccc3n3c(SCC(=O)c4cc(C)[nH]c4C)nnc23)c1. The van der Waals surface area contributed by atoms with Crippen LogP contribution in [0.3, 0.4) is 0 Å². The molecule has 3 aromatic heterocycles. The molecule has 0 atom stereocenters. The number of ketones is 1. The first-order chi connectivity index (χ1) is 16.0. The predicted octanol–water partition coefficient (Wildman–Crippen LogP) is 3.96. The van der Waals surface area contributed by atoms with E-state index >= 15 is 0 Å². The first-order valence-corrected chi connectivity index (χ1v) is 11.3. The Hall–Kier alpha value is -3.85. The van der Waals surface area contributed by atoms with Crippen molar-refractivity contribution in [3.63, 3.8) is 0 Å². The number of hydrogen-bond donors (Lipinski definition) is 1. The number of methoxy groups -OCH3 is 1. The summed E-state index contributed by atoms with van der Waals surface area (Å²) in [5, 5.41) is 9.73. The lowest BCUT2D eigenvalue weighted by Crippen LogP contribution is -2.22. The molecule has 1 N–H and O–H groups in total. The van der Waals surface area contributed by atoms with E-state index in [-0.39, 0.29) is 17.1 Å². The smallest absolute Gasteiger partial charge is 0.267 e. The lowest BCUT2D eigenvalue weighted by molar-refractivity contribution is 0.102. The number of thioether (sulfide) groups is 1. The van der Waals surface area contributed by atoms with Crippen molar-refractivity contribution in [2.45, 2.75) is 19.0 Å². The summed E-state index contributed by atoms with van der Waals surface area (Å²) in [4.78, 5) is 29.4. The van der Waals surface area contributed by atoms with Crippen molar-refractivity contribution in [1.29, 1.82) is 0 Å². The number of para-hydroxylation sites is 1. The Morgan fingerprint density at radius 2 is 1.91 bits per heavy atom. The lowest BCUT2D eigenvalue weighted by Gasteiger charge is -2.12. The minimum absolute atomic E-state index is 0.00372. The standard InChI is InChI=1S/C24H21N5O3S/c1-14-11-19(15(2)25-14)21(30)13-33-24-27-26-23-28(16-7-6-8-17(12-16)32-3)22(31)18-9-4-5-10-20(18)29(23)24/h4-12,25H,13H2,1-3H3. The first-order valence-electron chi connectivity index (χ1n) is 10.3. The van der Waals surface area contributed by atoms with Crippen LogP contribution in [0.1, 0.15) is 21.7 Å². The highest BCUT2D eigenvalue weighted by Gasteiger charge is 2.20. The monoisotopic (exact) mass is 459 g/mol. The van der Waals surface area contributed by atoms with Crippen LogP contribution in [-0.2, 0) is 0 Å². The maximum absolute atomic E-state index is 13.4. The third-order valence-corrected chi connectivity index (χ3v) is 6.42. The average Bonchev–Trinajstić information content (AvgIpc) is 3.40. The molecule has 8 nitrogen and oxygen atoms in total. The van der Waals surface area contributed by atoms with Crippen molar-refractivity contribution < 1.29 is 9.53 Å². The van der Waals surface area contributed by atoms with E-state index in [9.17, 15) is 9.59 Å². The molecule has 0 fully saturated rings. The highest BCUT2D eigenvalue weighted by Crippen LogP contribution is 2.25. The van der Waals surface area contributed by atoms with E-state index in [1.165, 1.54) is 16.3 Å². The Balaban J connectivity index is 1.65. The number of aromatic nitrogens is 5. The zero-order chi connectivity index (χ0) is 23.1. The Kier molecular flexibility index (Phi) is 5.26. The number of rotatable bonds is 6. The number of fused-ring (bicyclic) bond motifs is 3. The normalized spacial score (nSPS) is 11.4. The van der Waals surface area contributed by atoms with Gasteiger partial charge in [0.1, 0.15) is 5.75 Å². The van der Waals surface area contributed by atoms with Crippen LogP contribution in [-0.4, -0.2) is 42.8 Å². The maximum atomic E-state index is 13.4. The van der Waals surface area contributed by atoms with Gasteiger partial charge in [0.2, 0.25) is 5.78 Å². The summed E-state index contributed by atoms with van der Waals surface area (Å²) < 4.78 is 8.68. The van der Waals surface area contributed by atoms with Gasteiger partial charge in [-0.3, -0.25) is 14.0 Å². The fourth-order valence-corrected chi connectivity index (χ4v) is 4.80. The van der Waals surface area contributed by atoms with Gasteiger partial charge in [0.15, 0.2) is 10.9 Å². The number of ether oxygens (including phenoxy) is 1. The summed E-state index contributed by atoms with van der Waals surface area (Å²) in [5.74, 6) is 1.20. The van der Waals surface area contributed by atoms with Gasteiger partial charge in [-0.25, -0.2) is 4.57 Å². The molecule has 2 aromatic carbocycles. The third-order valence-electron chi connectivity index (χ3n) is 5.49. The van der Waals surface area contributed by atoms with E-state index in [0.717, 1.165) is 11.4 Å². The topological polar surface area (TPSA) is 94.3 Å². The van der Waals surface area contributed by atoms with Crippen molar-refractivity contribution in [2.24, 2.45) is 0 Å². The van der Waals surface area contributed by atoms with E-state index < -0.39 is 0 Å². The van der Waals surface area contributed by atoms with E-state index in [0.29, 0.717) is 38.8 Å². The van der Waals surface area contributed by atoms with Crippen molar-refractivity contribution in [2.75, 3.05) is 12.9 Å². The lowest BCUT2D eigenvalue weighted by atomic mass is 10.2. The highest BCUT2D eigenvalue weighted by molar-refractivity contribution is 7.99. The molecule has 5 rings (SSSR count). The van der Waals surface area contributed by atoms with Gasteiger partial charge in [-0.1, -0.05) is 30.0 Å². The molecule has 0 saturated carbocycles. The number of H-pyrrole nitrogens is 1. The van der Waals surface area contributed by atoms with Gasteiger partial charge in [-0.05, 0) is 44.2 Å². The van der Waals surface area contributed by atoms with Crippen LogP contribution in [0.25, 0.3) is 22.4 Å². The van der Waals surface area contributed by atoms with Crippen molar-refractivity contribution in [3.8, 4) is 11.4 Å². The van der Waals surface area contributed by atoms with Crippen molar-refractivity contribution in [1.82, 2.24) is 24.1 Å². The van der Waals surface area contributed by atoms with E-state index in [2.05, 4.69) is 15.2 Å². The molecule has 0 saturated heterocycles. The Labute approximate surface area is 193 Å². The van der Waals surface area contributed by atoms with Gasteiger partial charge in [-0.15, -0.1) is 10.2 Å². The molecule has 0 bridgehead atoms. The Morgan fingerprint density at radius 1 is 1.09 bits per heavy atom. The summed E-state index contributed by atoms with van der Waals surface area (Å²) in [6.45, 7) is 3.81. The second-order valence-corrected chi connectivity index (χ2v) is 8.62. The number of carbonyl (C=O) groups is 1. The molecular weight excluding hydrogens is 438 g/mol. The molecular formula is C24H21N5O3S. The average molecular weight is 460 g/mol. The van der Waals surface area contributed by atoms with Crippen LogP contribution in [0, 0.1) is 13.8 Å². The number of Topliss-reactive ketones (excluding diaryl/α,β-unsaturated/α-hetero) is 1. The summed E-state index contributed by atoms with van der Waals surface area (Å²) in [5.41, 5.74) is 3.57. The third kappa shape index (κ3) is 3.60. The fourth-order valence-electron chi connectivity index (χ4n) is 3.98. The molecule has 0 radical (unpaired) electrons. The summed E-state index contributed by atoms with van der Waals surface area (Å²) in [6.07, 6.45) is 0. The van der Waals surface area contributed by atoms with Crippen LogP contribution in [0.2, 0.25) is 0 Å². The molecule has 0 aliphatic heterocycles. The summed E-state index contributed by atoms with van der Waals surface area (Å²) in [6, 6.07) is 16.4. The molecule has 166 valence electrons. The predicted molar refractivity (Wildman–Crippen MR) is 128 cm³/mol. The minimum atomic E-state index is -0.204. The van der Waals surface area contributed by atoms with Crippen LogP contribution in [0.15, 0.2) is 64.5 Å². The van der Waals surface area contributed by atoms with E-state index in [1.54, 1.807) is 19.2 Å². The molecule has 0 aliphatic carbocycles. The molecule has 9 heteroatoms. The fraction of sp³-hybridized carbons (Fsp3) is 0.167. The van der Waals surface area contributed by atoms with Crippen molar-refractivity contribution in [3.05, 3.63) is 81.9 Å².